The van der Waals surface area contributed by atoms with Crippen molar-refractivity contribution in [1.29, 1.82) is 0 Å². The lowest BCUT2D eigenvalue weighted by Gasteiger charge is -2.14. The molecule has 2 aromatic rings. The van der Waals surface area contributed by atoms with Crippen molar-refractivity contribution < 1.29 is 13.9 Å². The lowest BCUT2D eigenvalue weighted by Crippen LogP contribution is -2.28. The van der Waals surface area contributed by atoms with Gasteiger partial charge < -0.3 is 4.74 Å². The Morgan fingerprint density at radius 3 is 2.68 bits per heavy atom. The van der Waals surface area contributed by atoms with Gasteiger partial charge in [-0.15, -0.1) is 0 Å². The fourth-order valence-corrected chi connectivity index (χ4v) is 2.02. The van der Waals surface area contributed by atoms with Crippen LogP contribution in [0.4, 0.5) is 4.39 Å². The lowest BCUT2D eigenvalue weighted by molar-refractivity contribution is -0.141. The van der Waals surface area contributed by atoms with Gasteiger partial charge in [-0.3, -0.25) is 14.6 Å². The quantitative estimate of drug-likeness (QED) is 0.804. The molecule has 0 aliphatic carbocycles. The molecule has 0 aliphatic heterocycles. The van der Waals surface area contributed by atoms with Crippen LogP contribution in [0.1, 0.15) is 25.5 Å². The van der Waals surface area contributed by atoms with Gasteiger partial charge in [0.05, 0.1) is 19.0 Å². The topological polar surface area (TPSA) is 74.1 Å². The van der Waals surface area contributed by atoms with Crippen molar-refractivity contribution in [3.05, 3.63) is 46.4 Å². The van der Waals surface area contributed by atoms with Crippen molar-refractivity contribution >= 4 is 5.97 Å². The molecular formula is C15H16FN3O3. The molecule has 0 saturated carbocycles. The van der Waals surface area contributed by atoms with Crippen LogP contribution in [0.5, 0.6) is 0 Å². The SMILES string of the molecule is COC(=O)Cn1nc(C(C)C)c(-c2cncc(F)c2)cc1=O. The summed E-state index contributed by atoms with van der Waals surface area (Å²) in [6, 6.07) is 2.63. The summed E-state index contributed by atoms with van der Waals surface area (Å²) in [6.07, 6.45) is 2.56. The van der Waals surface area contributed by atoms with Crippen molar-refractivity contribution in [3.63, 3.8) is 0 Å². The molecule has 0 fully saturated rings. The first-order chi connectivity index (χ1) is 10.4. The third-order valence-corrected chi connectivity index (χ3v) is 3.10. The zero-order chi connectivity index (χ0) is 16.3. The molecule has 7 heteroatoms. The average molecular weight is 305 g/mol. The summed E-state index contributed by atoms with van der Waals surface area (Å²) in [5.74, 6) is -1.09. The first-order valence-electron chi connectivity index (χ1n) is 6.72. The van der Waals surface area contributed by atoms with E-state index in [4.69, 9.17) is 0 Å². The van der Waals surface area contributed by atoms with Gasteiger partial charge in [0, 0.05) is 23.4 Å². The van der Waals surface area contributed by atoms with E-state index in [1.54, 1.807) is 0 Å². The Labute approximate surface area is 126 Å². The second-order valence-corrected chi connectivity index (χ2v) is 5.06. The maximum Gasteiger partial charge on any atom is 0.327 e. The minimum atomic E-state index is -0.565. The minimum absolute atomic E-state index is 0.0252. The molecule has 0 radical (unpaired) electrons. The summed E-state index contributed by atoms with van der Waals surface area (Å²) >= 11 is 0. The number of halogens is 1. The van der Waals surface area contributed by atoms with Gasteiger partial charge in [-0.1, -0.05) is 13.8 Å². The van der Waals surface area contributed by atoms with Crippen molar-refractivity contribution in [1.82, 2.24) is 14.8 Å². The first kappa shape index (κ1) is 15.8. The van der Waals surface area contributed by atoms with E-state index >= 15 is 0 Å². The Balaban J connectivity index is 2.58. The van der Waals surface area contributed by atoms with Crippen LogP contribution in [0.15, 0.2) is 29.3 Å². The Bertz CT molecular complexity index is 756. The number of carbonyl (C=O) groups excluding carboxylic acids is 1. The number of methoxy groups -OCH3 is 1. The fraction of sp³-hybridized carbons (Fsp3) is 0.333. The van der Waals surface area contributed by atoms with Crippen molar-refractivity contribution in [3.8, 4) is 11.1 Å². The number of pyridine rings is 1. The largest absolute Gasteiger partial charge is 0.468 e. The van der Waals surface area contributed by atoms with Gasteiger partial charge in [0.2, 0.25) is 0 Å². The van der Waals surface area contributed by atoms with E-state index in [1.165, 1.54) is 25.4 Å². The van der Waals surface area contributed by atoms with Crippen LogP contribution in [0.25, 0.3) is 11.1 Å². The molecule has 22 heavy (non-hydrogen) atoms. The van der Waals surface area contributed by atoms with E-state index in [0.717, 1.165) is 10.9 Å². The zero-order valence-electron chi connectivity index (χ0n) is 12.5. The average Bonchev–Trinajstić information content (AvgIpc) is 2.48. The number of hydrogen-bond donors (Lipinski definition) is 0. The summed E-state index contributed by atoms with van der Waals surface area (Å²) < 4.78 is 18.9. The van der Waals surface area contributed by atoms with Gasteiger partial charge in [0.25, 0.3) is 5.56 Å². The Hall–Kier alpha value is -2.57. The Kier molecular flexibility index (Phi) is 4.65. The lowest BCUT2D eigenvalue weighted by atomic mass is 9.99. The zero-order valence-corrected chi connectivity index (χ0v) is 12.5. The molecule has 0 N–H and O–H groups in total. The molecule has 0 bridgehead atoms. The van der Waals surface area contributed by atoms with E-state index in [2.05, 4.69) is 14.8 Å². The van der Waals surface area contributed by atoms with Crippen molar-refractivity contribution in [2.24, 2.45) is 0 Å². The van der Waals surface area contributed by atoms with Crippen molar-refractivity contribution in [2.45, 2.75) is 26.3 Å². The smallest absolute Gasteiger partial charge is 0.327 e. The van der Waals surface area contributed by atoms with Gasteiger partial charge >= 0.3 is 5.97 Å². The fourth-order valence-electron chi connectivity index (χ4n) is 2.02. The molecule has 2 heterocycles. The molecule has 0 aromatic carbocycles. The molecular weight excluding hydrogens is 289 g/mol. The summed E-state index contributed by atoms with van der Waals surface area (Å²) in [4.78, 5) is 27.2. The van der Waals surface area contributed by atoms with Crippen LogP contribution in [0.2, 0.25) is 0 Å². The summed E-state index contributed by atoms with van der Waals surface area (Å²) in [5.41, 5.74) is 1.09. The Morgan fingerprint density at radius 1 is 1.36 bits per heavy atom. The molecule has 0 amide bonds. The number of hydrogen-bond acceptors (Lipinski definition) is 5. The van der Waals surface area contributed by atoms with E-state index in [-0.39, 0.29) is 12.5 Å². The maximum absolute atomic E-state index is 13.4. The standard InChI is InChI=1S/C15H16FN3O3/c1-9(2)15-12(10-4-11(16)7-17-6-10)5-13(20)19(18-15)8-14(21)22-3/h4-7,9H,8H2,1-3H3. The van der Waals surface area contributed by atoms with E-state index in [0.29, 0.717) is 16.8 Å². The van der Waals surface area contributed by atoms with Gasteiger partial charge in [-0.2, -0.15) is 5.10 Å². The van der Waals surface area contributed by atoms with Crippen LogP contribution >= 0.6 is 0 Å². The molecule has 0 saturated heterocycles. The highest BCUT2D eigenvalue weighted by Crippen LogP contribution is 2.26. The Morgan fingerprint density at radius 2 is 2.09 bits per heavy atom. The molecule has 116 valence electrons. The second-order valence-electron chi connectivity index (χ2n) is 5.06. The molecule has 6 nitrogen and oxygen atoms in total. The second kappa shape index (κ2) is 6.46. The molecule has 0 aliphatic rings. The third kappa shape index (κ3) is 3.36. The molecule has 2 rings (SSSR count). The molecule has 0 spiro atoms. The minimum Gasteiger partial charge on any atom is -0.468 e. The van der Waals surface area contributed by atoms with E-state index in [1.807, 2.05) is 13.8 Å². The number of aromatic nitrogens is 3. The number of esters is 1. The number of ether oxygens (including phenoxy) is 1. The number of carbonyl (C=O) groups is 1. The van der Waals surface area contributed by atoms with Crippen LogP contribution < -0.4 is 5.56 Å². The summed E-state index contributed by atoms with van der Waals surface area (Å²) in [5, 5.41) is 4.22. The van der Waals surface area contributed by atoms with Crippen molar-refractivity contribution in [2.75, 3.05) is 7.11 Å². The van der Waals surface area contributed by atoms with Crippen LogP contribution in [-0.4, -0.2) is 27.8 Å². The predicted molar refractivity (Wildman–Crippen MR) is 77.8 cm³/mol. The van der Waals surface area contributed by atoms with Gasteiger partial charge in [0.15, 0.2) is 0 Å². The van der Waals surface area contributed by atoms with Crippen LogP contribution in [0, 0.1) is 5.82 Å². The number of nitrogens with zero attached hydrogens (tertiary/aromatic N) is 3. The summed E-state index contributed by atoms with van der Waals surface area (Å²) in [7, 11) is 1.24. The monoisotopic (exact) mass is 305 g/mol. The van der Waals surface area contributed by atoms with Gasteiger partial charge in [-0.05, 0) is 12.0 Å². The molecule has 0 unspecified atom stereocenters. The maximum atomic E-state index is 13.4. The highest BCUT2D eigenvalue weighted by Gasteiger charge is 2.16. The highest BCUT2D eigenvalue weighted by atomic mass is 19.1. The predicted octanol–water partition coefficient (Wildman–Crippen LogP) is 1.74. The van der Waals surface area contributed by atoms with E-state index < -0.39 is 17.3 Å². The van der Waals surface area contributed by atoms with E-state index in [9.17, 15) is 14.0 Å². The third-order valence-electron chi connectivity index (χ3n) is 3.10. The highest BCUT2D eigenvalue weighted by molar-refractivity contribution is 5.69. The van der Waals surface area contributed by atoms with Gasteiger partial charge in [0.1, 0.15) is 12.4 Å². The first-order valence-corrected chi connectivity index (χ1v) is 6.72. The van der Waals surface area contributed by atoms with Crippen LogP contribution in [-0.2, 0) is 16.1 Å². The number of rotatable bonds is 4. The summed E-state index contributed by atoms with van der Waals surface area (Å²) in [6.45, 7) is 3.52. The van der Waals surface area contributed by atoms with Crippen LogP contribution in [0.3, 0.4) is 0 Å². The van der Waals surface area contributed by atoms with Gasteiger partial charge in [-0.25, -0.2) is 9.07 Å². The molecule has 2 aromatic heterocycles. The normalized spacial score (nSPS) is 10.8. The molecule has 0 atom stereocenters.